The SMILES string of the molecule is O=C(O)C1NCCN=C1C(O)O. The van der Waals surface area contributed by atoms with Crippen LogP contribution in [0.15, 0.2) is 4.99 Å². The van der Waals surface area contributed by atoms with Crippen molar-refractivity contribution in [2.24, 2.45) is 4.99 Å². The maximum Gasteiger partial charge on any atom is 0.326 e. The van der Waals surface area contributed by atoms with Crippen LogP contribution >= 0.6 is 0 Å². The van der Waals surface area contributed by atoms with Crippen LogP contribution in [0, 0.1) is 0 Å². The summed E-state index contributed by atoms with van der Waals surface area (Å²) in [6, 6.07) is -1.07. The highest BCUT2D eigenvalue weighted by Crippen LogP contribution is 1.99. The topological polar surface area (TPSA) is 102 Å². The Labute approximate surface area is 68.5 Å². The number of carboxylic acid groups (broad SMARTS) is 1. The van der Waals surface area contributed by atoms with Crippen molar-refractivity contribution in [2.45, 2.75) is 12.3 Å². The van der Waals surface area contributed by atoms with Gasteiger partial charge in [0.1, 0.15) is 6.04 Å². The summed E-state index contributed by atoms with van der Waals surface area (Å²) in [4.78, 5) is 14.2. The summed E-state index contributed by atoms with van der Waals surface area (Å²) in [6.07, 6.45) is -1.79. The molecule has 6 nitrogen and oxygen atoms in total. The Hall–Kier alpha value is -0.980. The van der Waals surface area contributed by atoms with Gasteiger partial charge in [-0.3, -0.25) is 15.1 Å². The molecule has 12 heavy (non-hydrogen) atoms. The van der Waals surface area contributed by atoms with Crippen molar-refractivity contribution in [3.05, 3.63) is 0 Å². The van der Waals surface area contributed by atoms with Gasteiger partial charge in [0.15, 0.2) is 6.29 Å². The lowest BCUT2D eigenvalue weighted by atomic mass is 10.1. The molecule has 0 saturated carbocycles. The van der Waals surface area contributed by atoms with Gasteiger partial charge < -0.3 is 15.3 Å². The molecule has 1 heterocycles. The molecule has 0 aromatic carbocycles. The quantitative estimate of drug-likeness (QED) is 0.356. The van der Waals surface area contributed by atoms with Gasteiger partial charge in [0.25, 0.3) is 0 Å². The van der Waals surface area contributed by atoms with E-state index in [1.54, 1.807) is 0 Å². The Kier molecular flexibility index (Phi) is 2.74. The van der Waals surface area contributed by atoms with Crippen LogP contribution in [0.1, 0.15) is 0 Å². The predicted molar refractivity (Wildman–Crippen MR) is 40.0 cm³/mol. The molecule has 4 N–H and O–H groups in total. The fraction of sp³-hybridized carbons (Fsp3) is 0.667. The van der Waals surface area contributed by atoms with Gasteiger partial charge in [0.2, 0.25) is 0 Å². The fourth-order valence-electron chi connectivity index (χ4n) is 1.03. The molecule has 0 aromatic rings. The second-order valence-electron chi connectivity index (χ2n) is 2.41. The number of aliphatic carboxylic acids is 1. The highest BCUT2D eigenvalue weighted by atomic mass is 16.5. The third-order valence-corrected chi connectivity index (χ3v) is 1.56. The van der Waals surface area contributed by atoms with Crippen molar-refractivity contribution in [1.82, 2.24) is 5.32 Å². The molecule has 0 amide bonds. The van der Waals surface area contributed by atoms with Crippen LogP contribution in [-0.4, -0.2) is 52.4 Å². The van der Waals surface area contributed by atoms with E-state index < -0.39 is 18.3 Å². The van der Waals surface area contributed by atoms with E-state index in [9.17, 15) is 4.79 Å². The molecule has 0 spiro atoms. The van der Waals surface area contributed by atoms with E-state index in [1.807, 2.05) is 0 Å². The highest BCUT2D eigenvalue weighted by Gasteiger charge is 2.29. The Morgan fingerprint density at radius 3 is 2.75 bits per heavy atom. The third-order valence-electron chi connectivity index (χ3n) is 1.56. The average Bonchev–Trinajstić information content (AvgIpc) is 2.04. The minimum absolute atomic E-state index is 0.131. The number of aliphatic imine (C=N–C) groups is 1. The lowest BCUT2D eigenvalue weighted by Crippen LogP contribution is -2.51. The number of hydrogen-bond donors (Lipinski definition) is 4. The molecular formula is C6H10N2O4. The monoisotopic (exact) mass is 174 g/mol. The lowest BCUT2D eigenvalue weighted by Gasteiger charge is -2.21. The van der Waals surface area contributed by atoms with Crippen LogP contribution in [0.25, 0.3) is 0 Å². The molecular weight excluding hydrogens is 164 g/mol. The van der Waals surface area contributed by atoms with Crippen molar-refractivity contribution in [3.8, 4) is 0 Å². The van der Waals surface area contributed by atoms with Gasteiger partial charge in [-0.2, -0.15) is 0 Å². The predicted octanol–water partition coefficient (Wildman–Crippen LogP) is -2.21. The van der Waals surface area contributed by atoms with Crippen molar-refractivity contribution in [1.29, 1.82) is 0 Å². The molecule has 1 atom stereocenters. The van der Waals surface area contributed by atoms with E-state index in [0.29, 0.717) is 13.1 Å². The Balaban J connectivity index is 2.78. The number of carbonyl (C=O) groups is 1. The van der Waals surface area contributed by atoms with Crippen LogP contribution in [0.2, 0.25) is 0 Å². The minimum atomic E-state index is -1.79. The average molecular weight is 174 g/mol. The Bertz CT molecular complexity index is 214. The van der Waals surface area contributed by atoms with Crippen molar-refractivity contribution < 1.29 is 20.1 Å². The van der Waals surface area contributed by atoms with E-state index in [4.69, 9.17) is 15.3 Å². The molecule has 0 fully saturated rings. The van der Waals surface area contributed by atoms with Crippen LogP contribution in [0.5, 0.6) is 0 Å². The standard InChI is InChI=1S/C6H10N2O4/c9-5(10)3-4(6(11)12)8-2-1-7-3/h3,6-7,11-12H,1-2H2,(H,9,10). The number of nitrogens with zero attached hydrogens (tertiary/aromatic N) is 1. The maximum atomic E-state index is 10.5. The molecule has 1 rings (SSSR count). The second-order valence-corrected chi connectivity index (χ2v) is 2.41. The molecule has 0 radical (unpaired) electrons. The molecule has 0 aliphatic carbocycles. The number of aliphatic hydroxyl groups excluding tert-OH is 1. The number of carboxylic acids is 1. The highest BCUT2D eigenvalue weighted by molar-refractivity contribution is 6.07. The van der Waals surface area contributed by atoms with E-state index in [0.717, 1.165) is 0 Å². The zero-order valence-electron chi connectivity index (χ0n) is 6.27. The summed E-state index contributed by atoms with van der Waals surface area (Å²) < 4.78 is 0. The molecule has 0 aromatic heterocycles. The van der Waals surface area contributed by atoms with Crippen molar-refractivity contribution in [2.75, 3.05) is 13.1 Å². The maximum absolute atomic E-state index is 10.5. The van der Waals surface area contributed by atoms with E-state index in [1.165, 1.54) is 0 Å². The van der Waals surface area contributed by atoms with Gasteiger partial charge in [0.05, 0.1) is 12.3 Å². The molecule has 0 bridgehead atoms. The molecule has 1 aliphatic rings. The molecule has 1 unspecified atom stereocenters. The number of nitrogens with one attached hydrogen (secondary N) is 1. The first-order chi connectivity index (χ1) is 5.63. The fourth-order valence-corrected chi connectivity index (χ4v) is 1.03. The van der Waals surface area contributed by atoms with Crippen molar-refractivity contribution in [3.63, 3.8) is 0 Å². The second kappa shape index (κ2) is 3.61. The summed E-state index contributed by atoms with van der Waals surface area (Å²) in [6.45, 7) is 0.809. The molecule has 0 saturated heterocycles. The van der Waals surface area contributed by atoms with Gasteiger partial charge >= 0.3 is 5.97 Å². The van der Waals surface area contributed by atoms with Gasteiger partial charge in [-0.1, -0.05) is 0 Å². The number of rotatable bonds is 2. The number of hydrogen-bond acceptors (Lipinski definition) is 5. The summed E-state index contributed by atoms with van der Waals surface area (Å²) in [5, 5.41) is 28.6. The summed E-state index contributed by atoms with van der Waals surface area (Å²) in [5.74, 6) is -1.15. The zero-order valence-corrected chi connectivity index (χ0v) is 6.27. The normalized spacial score (nSPS) is 23.9. The largest absolute Gasteiger partial charge is 0.480 e. The van der Waals surface area contributed by atoms with Gasteiger partial charge in [-0.15, -0.1) is 0 Å². The molecule has 68 valence electrons. The number of aliphatic hydroxyl groups is 2. The zero-order chi connectivity index (χ0) is 9.14. The first-order valence-corrected chi connectivity index (χ1v) is 3.49. The molecule has 1 aliphatic heterocycles. The van der Waals surface area contributed by atoms with Crippen LogP contribution in [-0.2, 0) is 4.79 Å². The Morgan fingerprint density at radius 2 is 2.33 bits per heavy atom. The van der Waals surface area contributed by atoms with Gasteiger partial charge in [0, 0.05) is 6.54 Å². The first-order valence-electron chi connectivity index (χ1n) is 3.49. The first kappa shape index (κ1) is 9.11. The van der Waals surface area contributed by atoms with Crippen LogP contribution in [0.3, 0.4) is 0 Å². The summed E-state index contributed by atoms with van der Waals surface area (Å²) in [7, 11) is 0. The van der Waals surface area contributed by atoms with Gasteiger partial charge in [-0.25, -0.2) is 0 Å². The van der Waals surface area contributed by atoms with Gasteiger partial charge in [-0.05, 0) is 0 Å². The van der Waals surface area contributed by atoms with Crippen LogP contribution in [0.4, 0.5) is 0 Å². The van der Waals surface area contributed by atoms with E-state index in [2.05, 4.69) is 10.3 Å². The van der Waals surface area contributed by atoms with Crippen molar-refractivity contribution >= 4 is 11.7 Å². The lowest BCUT2D eigenvalue weighted by molar-refractivity contribution is -0.138. The molecule has 6 heteroatoms. The summed E-state index contributed by atoms with van der Waals surface area (Å²) >= 11 is 0. The minimum Gasteiger partial charge on any atom is -0.480 e. The summed E-state index contributed by atoms with van der Waals surface area (Å²) in [5.41, 5.74) is -0.131. The third kappa shape index (κ3) is 1.79. The van der Waals surface area contributed by atoms with Crippen LogP contribution < -0.4 is 5.32 Å². The Morgan fingerprint density at radius 1 is 1.67 bits per heavy atom. The smallest absolute Gasteiger partial charge is 0.326 e. The van der Waals surface area contributed by atoms with E-state index in [-0.39, 0.29) is 5.71 Å². The van der Waals surface area contributed by atoms with E-state index >= 15 is 0 Å².